The number of hydrogen-bond acceptors (Lipinski definition) is 6. The zero-order valence-electron chi connectivity index (χ0n) is 9.17. The molecular formula is C9H14N4O3S. The van der Waals surface area contributed by atoms with Crippen LogP contribution in [-0.2, 0) is 14.8 Å². The smallest absolute Gasteiger partial charge is 0.273 e. The minimum Gasteiger partial charge on any atom is -0.396 e. The van der Waals surface area contributed by atoms with E-state index in [0.29, 0.717) is 26.3 Å². The largest absolute Gasteiger partial charge is 0.396 e. The topological polar surface area (TPSA) is 97.5 Å². The second kappa shape index (κ2) is 4.96. The van der Waals surface area contributed by atoms with E-state index in [-0.39, 0.29) is 10.7 Å². The van der Waals surface area contributed by atoms with Gasteiger partial charge in [0.2, 0.25) is 0 Å². The number of ether oxygens (including phenoxy) is 1. The fraction of sp³-hybridized carbons (Fsp3) is 0.444. The predicted octanol–water partition coefficient (Wildman–Crippen LogP) is -0.811. The molecule has 3 N–H and O–H groups in total. The third kappa shape index (κ3) is 2.91. The number of aromatic nitrogens is 1. The molecule has 1 aliphatic heterocycles. The van der Waals surface area contributed by atoms with Crippen LogP contribution in [-0.4, -0.2) is 44.7 Å². The van der Waals surface area contributed by atoms with Crippen LogP contribution in [0.3, 0.4) is 0 Å². The Morgan fingerprint density at radius 3 is 2.76 bits per heavy atom. The summed E-state index contributed by atoms with van der Waals surface area (Å²) in [5.74, 6) is 0. The molecule has 0 atom stereocenters. The first kappa shape index (κ1) is 12.2. The van der Waals surface area contributed by atoms with Crippen LogP contribution in [0.25, 0.3) is 0 Å². The standard InChI is InChI=1S/C9H14N4O3S/c10-8-2-1-3-11-9(8)17(14,15)12-13-4-6-16-7-5-13/h1-3,12H,4-7,10H2. The molecule has 0 saturated carbocycles. The van der Waals surface area contributed by atoms with Crippen molar-refractivity contribution < 1.29 is 13.2 Å². The van der Waals surface area contributed by atoms with Crippen molar-refractivity contribution in [3.8, 4) is 0 Å². The molecule has 0 aromatic carbocycles. The summed E-state index contributed by atoms with van der Waals surface area (Å²) in [6.07, 6.45) is 1.39. The van der Waals surface area contributed by atoms with Gasteiger partial charge in [0, 0.05) is 19.3 Å². The monoisotopic (exact) mass is 258 g/mol. The molecule has 0 amide bonds. The molecule has 8 heteroatoms. The molecule has 2 heterocycles. The number of sulfonamides is 1. The number of hydrogen-bond donors (Lipinski definition) is 2. The predicted molar refractivity (Wildman–Crippen MR) is 61.4 cm³/mol. The van der Waals surface area contributed by atoms with Crippen molar-refractivity contribution in [1.82, 2.24) is 14.8 Å². The van der Waals surface area contributed by atoms with Crippen molar-refractivity contribution in [3.63, 3.8) is 0 Å². The number of nitrogen functional groups attached to an aromatic ring is 1. The Morgan fingerprint density at radius 1 is 1.41 bits per heavy atom. The summed E-state index contributed by atoms with van der Waals surface area (Å²) in [7, 11) is -3.71. The van der Waals surface area contributed by atoms with Gasteiger partial charge < -0.3 is 10.5 Å². The lowest BCUT2D eigenvalue weighted by Gasteiger charge is -2.26. The number of hydrazine groups is 1. The zero-order valence-corrected chi connectivity index (χ0v) is 9.98. The molecule has 0 unspecified atom stereocenters. The van der Waals surface area contributed by atoms with Crippen molar-refractivity contribution >= 4 is 15.7 Å². The fourth-order valence-electron chi connectivity index (χ4n) is 1.50. The number of nitrogens with one attached hydrogen (secondary N) is 1. The van der Waals surface area contributed by atoms with E-state index < -0.39 is 10.0 Å². The molecular weight excluding hydrogens is 244 g/mol. The van der Waals surface area contributed by atoms with E-state index in [2.05, 4.69) is 9.82 Å². The summed E-state index contributed by atoms with van der Waals surface area (Å²) in [5, 5.41) is 1.43. The molecule has 94 valence electrons. The molecule has 2 rings (SSSR count). The Kier molecular flexibility index (Phi) is 3.57. The van der Waals surface area contributed by atoms with Crippen LogP contribution in [0.15, 0.2) is 23.4 Å². The quantitative estimate of drug-likeness (QED) is 0.736. The fourth-order valence-corrected chi connectivity index (χ4v) is 2.68. The van der Waals surface area contributed by atoms with Gasteiger partial charge in [-0.15, -0.1) is 4.83 Å². The van der Waals surface area contributed by atoms with Gasteiger partial charge in [0.05, 0.1) is 18.9 Å². The number of rotatable bonds is 3. The van der Waals surface area contributed by atoms with E-state index in [1.54, 1.807) is 11.1 Å². The Morgan fingerprint density at radius 2 is 2.12 bits per heavy atom. The lowest BCUT2D eigenvalue weighted by Crippen LogP contribution is -2.48. The Labute approximate surface area is 99.6 Å². The van der Waals surface area contributed by atoms with E-state index in [1.165, 1.54) is 12.3 Å². The van der Waals surface area contributed by atoms with Crippen LogP contribution < -0.4 is 10.6 Å². The Balaban J connectivity index is 2.16. The summed E-state index contributed by atoms with van der Waals surface area (Å²) in [6.45, 7) is 2.01. The summed E-state index contributed by atoms with van der Waals surface area (Å²) in [6, 6.07) is 3.09. The minimum atomic E-state index is -3.71. The van der Waals surface area contributed by atoms with Gasteiger partial charge in [-0.25, -0.2) is 18.4 Å². The molecule has 17 heavy (non-hydrogen) atoms. The molecule has 1 fully saturated rings. The Hall–Kier alpha value is -1.22. The van der Waals surface area contributed by atoms with E-state index in [1.807, 2.05) is 0 Å². The van der Waals surface area contributed by atoms with Gasteiger partial charge in [0.25, 0.3) is 10.0 Å². The highest BCUT2D eigenvalue weighted by molar-refractivity contribution is 7.89. The SMILES string of the molecule is Nc1cccnc1S(=O)(=O)NN1CCOCC1. The maximum Gasteiger partial charge on any atom is 0.273 e. The van der Waals surface area contributed by atoms with Crippen molar-refractivity contribution in [1.29, 1.82) is 0 Å². The van der Waals surface area contributed by atoms with Gasteiger partial charge in [-0.05, 0) is 12.1 Å². The van der Waals surface area contributed by atoms with Crippen molar-refractivity contribution in [2.24, 2.45) is 0 Å². The highest BCUT2D eigenvalue weighted by Crippen LogP contribution is 2.14. The van der Waals surface area contributed by atoms with E-state index in [0.717, 1.165) is 0 Å². The molecule has 1 aromatic heterocycles. The molecule has 1 aliphatic rings. The van der Waals surface area contributed by atoms with Crippen molar-refractivity contribution in [3.05, 3.63) is 18.3 Å². The van der Waals surface area contributed by atoms with Gasteiger partial charge in [-0.2, -0.15) is 0 Å². The molecule has 1 aromatic rings. The molecule has 7 nitrogen and oxygen atoms in total. The molecule has 0 aliphatic carbocycles. The van der Waals surface area contributed by atoms with Gasteiger partial charge in [-0.3, -0.25) is 0 Å². The van der Waals surface area contributed by atoms with Gasteiger partial charge >= 0.3 is 0 Å². The highest BCUT2D eigenvalue weighted by atomic mass is 32.2. The highest BCUT2D eigenvalue weighted by Gasteiger charge is 2.23. The van der Waals surface area contributed by atoms with E-state index in [4.69, 9.17) is 10.5 Å². The van der Waals surface area contributed by atoms with Crippen molar-refractivity contribution in [2.75, 3.05) is 32.0 Å². The summed E-state index contributed by atoms with van der Waals surface area (Å²) >= 11 is 0. The normalized spacial score (nSPS) is 18.1. The van der Waals surface area contributed by atoms with Gasteiger partial charge in [0.15, 0.2) is 5.03 Å². The minimum absolute atomic E-state index is 0.133. The van der Waals surface area contributed by atoms with Crippen LogP contribution in [0.2, 0.25) is 0 Å². The lowest BCUT2D eigenvalue weighted by molar-refractivity contribution is 0.0272. The molecule has 1 saturated heterocycles. The number of morpholine rings is 1. The first-order chi connectivity index (χ1) is 8.09. The first-order valence-electron chi connectivity index (χ1n) is 5.15. The molecule has 0 bridgehead atoms. The Bertz CT molecular complexity index is 485. The second-order valence-electron chi connectivity index (χ2n) is 3.59. The summed E-state index contributed by atoms with van der Waals surface area (Å²) in [4.78, 5) is 6.22. The molecule has 0 spiro atoms. The van der Waals surface area contributed by atoms with Crippen LogP contribution in [0.1, 0.15) is 0 Å². The van der Waals surface area contributed by atoms with E-state index in [9.17, 15) is 8.42 Å². The average molecular weight is 258 g/mol. The third-order valence-corrected chi connectivity index (χ3v) is 3.66. The number of nitrogens with two attached hydrogens (primary N) is 1. The van der Waals surface area contributed by atoms with Gasteiger partial charge in [-0.1, -0.05) is 0 Å². The van der Waals surface area contributed by atoms with Crippen LogP contribution in [0.5, 0.6) is 0 Å². The zero-order chi connectivity index (χ0) is 12.3. The number of pyridine rings is 1. The van der Waals surface area contributed by atoms with E-state index >= 15 is 0 Å². The molecule has 0 radical (unpaired) electrons. The summed E-state index contributed by atoms with van der Waals surface area (Å²) in [5.41, 5.74) is 5.72. The summed E-state index contributed by atoms with van der Waals surface area (Å²) < 4.78 is 29.1. The second-order valence-corrected chi connectivity index (χ2v) is 5.17. The maximum atomic E-state index is 12.0. The first-order valence-corrected chi connectivity index (χ1v) is 6.63. The lowest BCUT2D eigenvalue weighted by atomic mass is 10.4. The van der Waals surface area contributed by atoms with Crippen LogP contribution >= 0.6 is 0 Å². The van der Waals surface area contributed by atoms with Crippen molar-refractivity contribution in [2.45, 2.75) is 5.03 Å². The average Bonchev–Trinajstić information content (AvgIpc) is 2.30. The maximum absolute atomic E-state index is 12.0. The number of nitrogens with zero attached hydrogens (tertiary/aromatic N) is 2. The number of anilines is 1. The van der Waals surface area contributed by atoms with Crippen LogP contribution in [0.4, 0.5) is 5.69 Å². The third-order valence-electron chi connectivity index (χ3n) is 2.32. The van der Waals surface area contributed by atoms with Crippen LogP contribution in [0, 0.1) is 0 Å². The van der Waals surface area contributed by atoms with Gasteiger partial charge in [0.1, 0.15) is 0 Å².